The van der Waals surface area contributed by atoms with Crippen LogP contribution in [0, 0.1) is 5.41 Å². The van der Waals surface area contributed by atoms with Crippen LogP contribution in [-0.4, -0.2) is 84.1 Å². The second-order valence-corrected chi connectivity index (χ2v) is 10.1. The fourth-order valence-electron chi connectivity index (χ4n) is 4.53. The van der Waals surface area contributed by atoms with Crippen LogP contribution in [0.5, 0.6) is 0 Å². The van der Waals surface area contributed by atoms with Gasteiger partial charge in [0.05, 0.1) is 23.8 Å². The Labute approximate surface area is 206 Å². The molecule has 1 unspecified atom stereocenters. The molecule has 1 aromatic carbocycles. The Hall–Kier alpha value is -2.57. The molecular weight excluding hydrogens is 479 g/mol. The third kappa shape index (κ3) is 5.49. The van der Waals surface area contributed by atoms with Gasteiger partial charge in [0.25, 0.3) is 0 Å². The Morgan fingerprint density at radius 1 is 1.17 bits per heavy atom. The molecule has 3 fully saturated rings. The summed E-state index contributed by atoms with van der Waals surface area (Å²) in [6, 6.07) is 5.47. The van der Waals surface area contributed by atoms with E-state index in [-0.39, 0.29) is 11.7 Å². The normalized spacial score (nSPS) is 21.6. The second kappa shape index (κ2) is 10.2. The summed E-state index contributed by atoms with van der Waals surface area (Å²) in [7, 11) is 0. The predicted octanol–water partition coefficient (Wildman–Crippen LogP) is 3.67. The Balaban J connectivity index is 1.43. The van der Waals surface area contributed by atoms with Crippen LogP contribution in [0.1, 0.15) is 17.5 Å². The third-order valence-electron chi connectivity index (χ3n) is 6.51. The number of rotatable bonds is 7. The monoisotopic (exact) mass is 507 g/mol. The first-order valence-electron chi connectivity index (χ1n) is 11.7. The van der Waals surface area contributed by atoms with Crippen LogP contribution >= 0.6 is 11.8 Å². The van der Waals surface area contributed by atoms with E-state index >= 15 is 0 Å². The molecule has 188 valence electrons. The average Bonchev–Trinajstić information content (AvgIpc) is 3.32. The predicted molar refractivity (Wildman–Crippen MR) is 132 cm³/mol. The van der Waals surface area contributed by atoms with Crippen molar-refractivity contribution in [2.75, 3.05) is 66.4 Å². The molecule has 12 heteroatoms. The quantitative estimate of drug-likeness (QED) is 0.490. The lowest BCUT2D eigenvalue weighted by Crippen LogP contribution is -2.61. The third-order valence-corrected chi connectivity index (χ3v) is 7.45. The number of thioether (sulfide) groups is 1. The molecule has 0 aliphatic carbocycles. The summed E-state index contributed by atoms with van der Waals surface area (Å²) in [6.07, 6.45) is -2.47. The van der Waals surface area contributed by atoms with Gasteiger partial charge in [-0.2, -0.15) is 34.9 Å². The summed E-state index contributed by atoms with van der Waals surface area (Å²) in [5.41, 5.74) is -0.0572. The average molecular weight is 508 g/mol. The van der Waals surface area contributed by atoms with E-state index in [9.17, 15) is 13.2 Å². The standard InChI is InChI=1S/C23H28F3N7OS/c24-23(25,26)15-2-1-3-16(10-15)28-20-19(11-27)21(31-22(30-20)29-17-4-7-34-14-17)33-12-18(13-33)32-5-8-35-9-6-32/h1-3,10-11,17-18,27H,4-9,12-14H2,(H2,28,29,30,31). The first-order chi connectivity index (χ1) is 16.9. The summed E-state index contributed by atoms with van der Waals surface area (Å²) in [5, 5.41) is 14.4. The number of hydrogen-bond acceptors (Lipinski definition) is 9. The van der Waals surface area contributed by atoms with Crippen LogP contribution < -0.4 is 15.5 Å². The lowest BCUT2D eigenvalue weighted by atomic mass is 10.1. The van der Waals surface area contributed by atoms with Crippen LogP contribution in [0.15, 0.2) is 24.3 Å². The summed E-state index contributed by atoms with van der Waals surface area (Å²) in [4.78, 5) is 13.9. The highest BCUT2D eigenvalue weighted by molar-refractivity contribution is 7.99. The van der Waals surface area contributed by atoms with Crippen molar-refractivity contribution in [1.82, 2.24) is 14.9 Å². The molecule has 35 heavy (non-hydrogen) atoms. The molecule has 0 saturated carbocycles. The number of anilines is 4. The first-order valence-corrected chi connectivity index (χ1v) is 12.8. The van der Waals surface area contributed by atoms with E-state index in [0.29, 0.717) is 42.4 Å². The van der Waals surface area contributed by atoms with Gasteiger partial charge in [-0.1, -0.05) is 6.07 Å². The van der Waals surface area contributed by atoms with E-state index in [0.717, 1.165) is 56.2 Å². The highest BCUT2D eigenvalue weighted by Gasteiger charge is 2.35. The largest absolute Gasteiger partial charge is 0.416 e. The zero-order valence-electron chi connectivity index (χ0n) is 19.1. The van der Waals surface area contributed by atoms with Gasteiger partial charge in [-0.25, -0.2) is 0 Å². The van der Waals surface area contributed by atoms with Crippen molar-refractivity contribution < 1.29 is 17.9 Å². The fraction of sp³-hybridized carbons (Fsp3) is 0.522. The summed E-state index contributed by atoms with van der Waals surface area (Å²) >= 11 is 1.97. The number of halogens is 3. The topological polar surface area (TPSA) is 89.4 Å². The van der Waals surface area contributed by atoms with Crippen molar-refractivity contribution in [1.29, 1.82) is 5.41 Å². The van der Waals surface area contributed by atoms with Crippen molar-refractivity contribution in [3.63, 3.8) is 0 Å². The van der Waals surface area contributed by atoms with Gasteiger partial charge in [0, 0.05) is 62.2 Å². The molecule has 1 aromatic heterocycles. The van der Waals surface area contributed by atoms with Crippen LogP contribution in [0.3, 0.4) is 0 Å². The molecular formula is C23H28F3N7OS. The molecule has 8 nitrogen and oxygen atoms in total. The fourth-order valence-corrected chi connectivity index (χ4v) is 5.47. The van der Waals surface area contributed by atoms with Gasteiger partial charge in [-0.05, 0) is 24.6 Å². The molecule has 0 amide bonds. The summed E-state index contributed by atoms with van der Waals surface area (Å²) in [6.45, 7) is 4.91. The second-order valence-electron chi connectivity index (χ2n) is 8.89. The van der Waals surface area contributed by atoms with E-state index in [1.54, 1.807) is 6.07 Å². The Bertz CT molecular complexity index is 1050. The highest BCUT2D eigenvalue weighted by Crippen LogP contribution is 2.34. The molecule has 5 rings (SSSR count). The zero-order valence-corrected chi connectivity index (χ0v) is 20.0. The van der Waals surface area contributed by atoms with Gasteiger partial charge in [0.2, 0.25) is 5.95 Å². The van der Waals surface area contributed by atoms with Gasteiger partial charge in [0.1, 0.15) is 11.6 Å². The SMILES string of the molecule is N=Cc1c(Nc2cccc(C(F)(F)F)c2)nc(NC2CCOC2)nc1N1CC(N2CCSCC2)C1. The minimum Gasteiger partial charge on any atom is -0.379 e. The molecule has 1 atom stereocenters. The van der Waals surface area contributed by atoms with Crippen molar-refractivity contribution in [3.05, 3.63) is 35.4 Å². The van der Waals surface area contributed by atoms with E-state index < -0.39 is 11.7 Å². The number of aromatic nitrogens is 2. The van der Waals surface area contributed by atoms with Crippen molar-refractivity contribution in [3.8, 4) is 0 Å². The lowest BCUT2D eigenvalue weighted by molar-refractivity contribution is -0.137. The molecule has 0 radical (unpaired) electrons. The Morgan fingerprint density at radius 2 is 1.97 bits per heavy atom. The molecule has 3 aliphatic rings. The van der Waals surface area contributed by atoms with Crippen LogP contribution in [-0.2, 0) is 10.9 Å². The number of nitrogens with one attached hydrogen (secondary N) is 3. The van der Waals surface area contributed by atoms with Crippen LogP contribution in [0.25, 0.3) is 0 Å². The molecule has 3 saturated heterocycles. The molecule has 0 bridgehead atoms. The van der Waals surface area contributed by atoms with Gasteiger partial charge < -0.3 is 25.7 Å². The maximum absolute atomic E-state index is 13.2. The maximum atomic E-state index is 13.2. The van der Waals surface area contributed by atoms with E-state index in [1.165, 1.54) is 12.3 Å². The number of ether oxygens (including phenoxy) is 1. The number of nitrogens with zero attached hydrogens (tertiary/aromatic N) is 4. The smallest absolute Gasteiger partial charge is 0.379 e. The molecule has 3 N–H and O–H groups in total. The van der Waals surface area contributed by atoms with Gasteiger partial charge >= 0.3 is 6.18 Å². The number of hydrogen-bond donors (Lipinski definition) is 3. The van der Waals surface area contributed by atoms with Crippen LogP contribution in [0.2, 0.25) is 0 Å². The highest BCUT2D eigenvalue weighted by atomic mass is 32.2. The molecule has 4 heterocycles. The van der Waals surface area contributed by atoms with Gasteiger partial charge in [-0.3, -0.25) is 4.90 Å². The van der Waals surface area contributed by atoms with Gasteiger partial charge in [0.15, 0.2) is 0 Å². The van der Waals surface area contributed by atoms with Crippen LogP contribution in [0.4, 0.5) is 36.4 Å². The van der Waals surface area contributed by atoms with Crippen molar-refractivity contribution >= 4 is 41.2 Å². The summed E-state index contributed by atoms with van der Waals surface area (Å²) in [5.74, 6) is 3.54. The van der Waals surface area contributed by atoms with E-state index in [1.807, 2.05) is 11.8 Å². The Morgan fingerprint density at radius 3 is 2.66 bits per heavy atom. The minimum absolute atomic E-state index is 0.0603. The zero-order chi connectivity index (χ0) is 24.4. The Kier molecular flexibility index (Phi) is 7.03. The number of benzene rings is 1. The molecule has 3 aliphatic heterocycles. The van der Waals surface area contributed by atoms with E-state index in [2.05, 4.69) is 25.4 Å². The van der Waals surface area contributed by atoms with E-state index in [4.69, 9.17) is 15.1 Å². The first kappa shape index (κ1) is 24.1. The maximum Gasteiger partial charge on any atom is 0.416 e. The van der Waals surface area contributed by atoms with Crippen molar-refractivity contribution in [2.24, 2.45) is 0 Å². The summed E-state index contributed by atoms with van der Waals surface area (Å²) < 4.78 is 45.1. The minimum atomic E-state index is -4.45. The lowest BCUT2D eigenvalue weighted by Gasteiger charge is -2.47. The van der Waals surface area contributed by atoms with Gasteiger partial charge in [-0.15, -0.1) is 0 Å². The molecule has 0 spiro atoms. The number of alkyl halides is 3. The van der Waals surface area contributed by atoms with Crippen molar-refractivity contribution in [2.45, 2.75) is 24.7 Å². The molecule has 2 aromatic rings.